The second-order valence-corrected chi connectivity index (χ2v) is 7.34. The highest BCUT2D eigenvalue weighted by atomic mass is 32.1. The van der Waals surface area contributed by atoms with E-state index in [1.807, 2.05) is 24.8 Å². The van der Waals surface area contributed by atoms with E-state index in [0.717, 1.165) is 45.7 Å². The molecule has 0 N–H and O–H groups in total. The topological polar surface area (TPSA) is 36.4 Å². The molecule has 1 saturated heterocycles. The van der Waals surface area contributed by atoms with Gasteiger partial charge in [-0.1, -0.05) is 11.3 Å². The van der Waals surface area contributed by atoms with Gasteiger partial charge in [0, 0.05) is 26.2 Å². The number of hydrogen-bond donors (Lipinski definition) is 0. The van der Waals surface area contributed by atoms with Crippen molar-refractivity contribution in [3.8, 4) is 0 Å². The Labute approximate surface area is 133 Å². The summed E-state index contributed by atoms with van der Waals surface area (Å²) in [5.41, 5.74) is 0. The van der Waals surface area contributed by atoms with Gasteiger partial charge in [0.25, 0.3) is 5.91 Å². The van der Waals surface area contributed by atoms with E-state index < -0.39 is 0 Å². The van der Waals surface area contributed by atoms with Crippen molar-refractivity contribution in [2.75, 3.05) is 31.1 Å². The zero-order chi connectivity index (χ0) is 14.8. The van der Waals surface area contributed by atoms with Crippen molar-refractivity contribution < 1.29 is 4.79 Å². The Hall–Kier alpha value is -1.14. The Morgan fingerprint density at radius 2 is 1.95 bits per heavy atom. The number of thiophene rings is 1. The molecule has 0 bridgehead atoms. The van der Waals surface area contributed by atoms with Crippen LogP contribution in [-0.4, -0.2) is 42.0 Å². The molecule has 1 aliphatic heterocycles. The van der Waals surface area contributed by atoms with Gasteiger partial charge in [0.05, 0.1) is 9.58 Å². The summed E-state index contributed by atoms with van der Waals surface area (Å²) in [5, 5.41) is 1.12. The number of rotatable bonds is 4. The molecule has 0 unspecified atom stereocenters. The third kappa shape index (κ3) is 2.92. The number of anilines is 1. The summed E-state index contributed by atoms with van der Waals surface area (Å²) in [7, 11) is 0. The maximum absolute atomic E-state index is 12.4. The predicted octanol–water partition coefficient (Wildman–Crippen LogP) is 3.83. The zero-order valence-corrected chi connectivity index (χ0v) is 14.2. The molecule has 114 valence electrons. The van der Waals surface area contributed by atoms with Gasteiger partial charge in [0.1, 0.15) is 4.83 Å². The van der Waals surface area contributed by atoms with Crippen LogP contribution in [-0.2, 0) is 0 Å². The number of aromatic nitrogens is 1. The van der Waals surface area contributed by atoms with Crippen LogP contribution in [0.25, 0.3) is 9.53 Å². The van der Waals surface area contributed by atoms with Crippen LogP contribution in [0.2, 0.25) is 0 Å². The molecule has 3 heterocycles. The smallest absolute Gasteiger partial charge is 0.264 e. The first-order valence-corrected chi connectivity index (χ1v) is 9.30. The van der Waals surface area contributed by atoms with Gasteiger partial charge < -0.3 is 9.80 Å². The Balaban J connectivity index is 1.82. The number of thiazole rings is 1. The number of amides is 1. The van der Waals surface area contributed by atoms with Gasteiger partial charge in [-0.2, -0.15) is 0 Å². The standard InChI is InChI=1S/C15H21N3OS2/c1-3-17(4-2)14(19)12-10-11-13(20-12)16-15(21-11)18-8-6-5-7-9-18/h10H,3-9H2,1-2H3. The van der Waals surface area contributed by atoms with Crippen LogP contribution >= 0.6 is 22.7 Å². The van der Waals surface area contributed by atoms with E-state index in [-0.39, 0.29) is 5.91 Å². The van der Waals surface area contributed by atoms with Gasteiger partial charge in [0.15, 0.2) is 5.13 Å². The lowest BCUT2D eigenvalue weighted by Crippen LogP contribution is -2.29. The average Bonchev–Trinajstić information content (AvgIpc) is 3.08. The van der Waals surface area contributed by atoms with Crippen LogP contribution in [0.15, 0.2) is 6.07 Å². The number of nitrogens with zero attached hydrogens (tertiary/aromatic N) is 3. The third-order valence-electron chi connectivity index (χ3n) is 3.97. The Kier molecular flexibility index (Phi) is 4.45. The fourth-order valence-corrected chi connectivity index (χ4v) is 4.95. The lowest BCUT2D eigenvalue weighted by molar-refractivity contribution is 0.0778. The highest BCUT2D eigenvalue weighted by Crippen LogP contribution is 2.35. The van der Waals surface area contributed by atoms with Gasteiger partial charge in [-0.25, -0.2) is 4.98 Å². The molecule has 3 rings (SSSR count). The van der Waals surface area contributed by atoms with Crippen LogP contribution in [0.5, 0.6) is 0 Å². The first-order valence-electron chi connectivity index (χ1n) is 7.67. The lowest BCUT2D eigenvalue weighted by atomic mass is 10.1. The molecule has 0 spiro atoms. The van der Waals surface area contributed by atoms with Crippen molar-refractivity contribution in [2.24, 2.45) is 0 Å². The fourth-order valence-electron chi connectivity index (χ4n) is 2.72. The van der Waals surface area contributed by atoms with Crippen LogP contribution in [0.1, 0.15) is 42.8 Å². The summed E-state index contributed by atoms with van der Waals surface area (Å²) in [6.07, 6.45) is 3.86. The van der Waals surface area contributed by atoms with Crippen LogP contribution in [0.3, 0.4) is 0 Å². The minimum Gasteiger partial charge on any atom is -0.348 e. The number of hydrogen-bond acceptors (Lipinski definition) is 5. The molecule has 0 aromatic carbocycles. The Morgan fingerprint density at radius 3 is 2.57 bits per heavy atom. The van der Waals surface area contributed by atoms with E-state index in [2.05, 4.69) is 4.90 Å². The molecular formula is C15H21N3OS2. The van der Waals surface area contributed by atoms with Gasteiger partial charge in [-0.3, -0.25) is 4.79 Å². The maximum Gasteiger partial charge on any atom is 0.264 e. The molecule has 1 amide bonds. The number of carbonyl (C=O) groups excluding carboxylic acids is 1. The van der Waals surface area contributed by atoms with Crippen LogP contribution in [0, 0.1) is 0 Å². The van der Waals surface area contributed by atoms with E-state index in [0.29, 0.717) is 0 Å². The quantitative estimate of drug-likeness (QED) is 0.858. The molecule has 2 aromatic heterocycles. The van der Waals surface area contributed by atoms with Crippen molar-refractivity contribution >= 4 is 43.2 Å². The second kappa shape index (κ2) is 6.32. The molecule has 0 saturated carbocycles. The van der Waals surface area contributed by atoms with Crippen LogP contribution < -0.4 is 4.90 Å². The fraction of sp³-hybridized carbons (Fsp3) is 0.600. The van der Waals surface area contributed by atoms with Crippen molar-refractivity contribution in [1.29, 1.82) is 0 Å². The van der Waals surface area contributed by atoms with Crippen molar-refractivity contribution in [3.05, 3.63) is 10.9 Å². The summed E-state index contributed by atoms with van der Waals surface area (Å²) in [4.78, 5) is 23.2. The van der Waals surface area contributed by atoms with Gasteiger partial charge >= 0.3 is 0 Å². The molecule has 6 heteroatoms. The summed E-state index contributed by atoms with van der Waals surface area (Å²) in [5.74, 6) is 0.134. The molecule has 0 aliphatic carbocycles. The van der Waals surface area contributed by atoms with Crippen LogP contribution in [0.4, 0.5) is 5.13 Å². The normalized spacial score (nSPS) is 15.6. The molecule has 0 radical (unpaired) electrons. The van der Waals surface area contributed by atoms with Gasteiger partial charge in [0.2, 0.25) is 0 Å². The first-order chi connectivity index (χ1) is 10.2. The summed E-state index contributed by atoms with van der Waals surface area (Å²) in [6.45, 7) is 7.78. The van der Waals surface area contributed by atoms with E-state index >= 15 is 0 Å². The number of fused-ring (bicyclic) bond motifs is 1. The maximum atomic E-state index is 12.4. The first kappa shape index (κ1) is 14.8. The SMILES string of the molecule is CCN(CC)C(=O)c1cc2sc(N3CCCCC3)nc2s1. The van der Waals surface area contributed by atoms with E-state index in [1.165, 1.54) is 30.6 Å². The summed E-state index contributed by atoms with van der Waals surface area (Å²) < 4.78 is 1.15. The molecule has 0 atom stereocenters. The summed E-state index contributed by atoms with van der Waals surface area (Å²) in [6, 6.07) is 2.02. The highest BCUT2D eigenvalue weighted by molar-refractivity contribution is 7.29. The summed E-state index contributed by atoms with van der Waals surface area (Å²) >= 11 is 3.25. The van der Waals surface area contributed by atoms with Gasteiger partial charge in [-0.05, 0) is 39.2 Å². The monoisotopic (exact) mass is 323 g/mol. The average molecular weight is 323 g/mol. The minimum absolute atomic E-state index is 0.134. The van der Waals surface area contributed by atoms with Crippen molar-refractivity contribution in [3.63, 3.8) is 0 Å². The lowest BCUT2D eigenvalue weighted by Gasteiger charge is -2.25. The van der Waals surface area contributed by atoms with E-state index in [9.17, 15) is 4.79 Å². The van der Waals surface area contributed by atoms with E-state index in [4.69, 9.17) is 4.98 Å². The molecular weight excluding hydrogens is 302 g/mol. The number of piperidine rings is 1. The largest absolute Gasteiger partial charge is 0.348 e. The molecule has 2 aromatic rings. The zero-order valence-electron chi connectivity index (χ0n) is 12.6. The molecule has 4 nitrogen and oxygen atoms in total. The number of carbonyl (C=O) groups is 1. The molecule has 1 aliphatic rings. The second-order valence-electron chi connectivity index (χ2n) is 5.30. The third-order valence-corrected chi connectivity index (χ3v) is 6.18. The van der Waals surface area contributed by atoms with Crippen molar-refractivity contribution in [2.45, 2.75) is 33.1 Å². The molecule has 1 fully saturated rings. The Morgan fingerprint density at radius 1 is 1.24 bits per heavy atom. The van der Waals surface area contributed by atoms with Gasteiger partial charge in [-0.15, -0.1) is 11.3 Å². The van der Waals surface area contributed by atoms with Crippen molar-refractivity contribution in [1.82, 2.24) is 9.88 Å². The predicted molar refractivity (Wildman–Crippen MR) is 90.8 cm³/mol. The highest BCUT2D eigenvalue weighted by Gasteiger charge is 2.20. The Bertz CT molecular complexity index is 592. The minimum atomic E-state index is 0.134. The van der Waals surface area contributed by atoms with E-state index in [1.54, 1.807) is 11.3 Å². The molecule has 21 heavy (non-hydrogen) atoms.